The molecule has 0 heterocycles. The number of methoxy groups -OCH3 is 2. The van der Waals surface area contributed by atoms with Gasteiger partial charge >= 0.3 is 0 Å². The second-order valence-corrected chi connectivity index (χ2v) is 4.65. The van der Waals surface area contributed by atoms with Crippen molar-refractivity contribution in [2.75, 3.05) is 27.4 Å². The second kappa shape index (κ2) is 7.11. The van der Waals surface area contributed by atoms with Crippen LogP contribution in [0.5, 0.6) is 5.75 Å². The van der Waals surface area contributed by atoms with Crippen molar-refractivity contribution in [2.24, 2.45) is 0 Å². The molecule has 0 spiro atoms. The van der Waals surface area contributed by atoms with Crippen molar-refractivity contribution >= 4 is 5.91 Å². The van der Waals surface area contributed by atoms with Crippen LogP contribution in [0.15, 0.2) is 24.3 Å². The highest BCUT2D eigenvalue weighted by Crippen LogP contribution is 2.12. The van der Waals surface area contributed by atoms with E-state index in [-0.39, 0.29) is 12.5 Å². The molecule has 0 bridgehead atoms. The first-order valence-corrected chi connectivity index (χ1v) is 6.12. The lowest BCUT2D eigenvalue weighted by Crippen LogP contribution is -2.41. The van der Waals surface area contributed by atoms with Gasteiger partial charge in [0.2, 0.25) is 0 Å². The number of hydrogen-bond acceptors (Lipinski definition) is 4. The molecule has 106 valence electrons. The summed E-state index contributed by atoms with van der Waals surface area (Å²) in [5.74, 6) is 0.476. The minimum absolute atomic E-state index is 0.182. The van der Waals surface area contributed by atoms with Gasteiger partial charge in [0.25, 0.3) is 5.91 Å². The van der Waals surface area contributed by atoms with Gasteiger partial charge in [-0.15, -0.1) is 0 Å². The Morgan fingerprint density at radius 2 is 1.95 bits per heavy atom. The lowest BCUT2D eigenvalue weighted by Gasteiger charge is -2.23. The van der Waals surface area contributed by atoms with E-state index in [0.717, 1.165) is 0 Å². The third-order valence-electron chi connectivity index (χ3n) is 2.83. The van der Waals surface area contributed by atoms with Crippen molar-refractivity contribution in [3.05, 3.63) is 29.8 Å². The van der Waals surface area contributed by atoms with Crippen LogP contribution in [0, 0.1) is 0 Å². The molecule has 0 fully saturated rings. The summed E-state index contributed by atoms with van der Waals surface area (Å²) in [4.78, 5) is 11.9. The summed E-state index contributed by atoms with van der Waals surface area (Å²) < 4.78 is 9.93. The van der Waals surface area contributed by atoms with Gasteiger partial charge in [-0.05, 0) is 31.2 Å². The van der Waals surface area contributed by atoms with E-state index in [1.165, 1.54) is 0 Å². The summed E-state index contributed by atoms with van der Waals surface area (Å²) in [5, 5.41) is 12.7. The van der Waals surface area contributed by atoms with Gasteiger partial charge in [0.1, 0.15) is 5.75 Å². The molecule has 0 aromatic heterocycles. The molecule has 0 aliphatic rings. The third-order valence-corrected chi connectivity index (χ3v) is 2.83. The zero-order chi connectivity index (χ0) is 14.3. The predicted octanol–water partition coefficient (Wildman–Crippen LogP) is 1.21. The molecular formula is C14H21NO4. The minimum atomic E-state index is -0.974. The Kier molecular flexibility index (Phi) is 5.79. The Balaban J connectivity index is 2.50. The zero-order valence-electron chi connectivity index (χ0n) is 11.6. The first-order valence-electron chi connectivity index (χ1n) is 6.12. The number of rotatable bonds is 7. The van der Waals surface area contributed by atoms with Gasteiger partial charge in [0, 0.05) is 32.2 Å². The normalized spacial score (nSPS) is 13.7. The van der Waals surface area contributed by atoms with Crippen LogP contribution in [0.3, 0.4) is 0 Å². The fourth-order valence-corrected chi connectivity index (χ4v) is 1.53. The van der Waals surface area contributed by atoms with Gasteiger partial charge in [0.15, 0.2) is 0 Å². The van der Waals surface area contributed by atoms with Gasteiger partial charge in [-0.2, -0.15) is 0 Å². The third kappa shape index (κ3) is 5.28. The van der Waals surface area contributed by atoms with Crippen molar-refractivity contribution in [3.63, 3.8) is 0 Å². The number of carbonyl (C=O) groups is 1. The second-order valence-electron chi connectivity index (χ2n) is 4.65. The van der Waals surface area contributed by atoms with Crippen molar-refractivity contribution in [3.8, 4) is 5.75 Å². The van der Waals surface area contributed by atoms with Crippen molar-refractivity contribution < 1.29 is 19.4 Å². The first kappa shape index (κ1) is 15.5. The van der Waals surface area contributed by atoms with Crippen LogP contribution in [-0.2, 0) is 4.74 Å². The molecule has 1 atom stereocenters. The molecule has 0 saturated carbocycles. The van der Waals surface area contributed by atoms with Crippen LogP contribution < -0.4 is 10.1 Å². The Bertz CT molecular complexity index is 400. The van der Waals surface area contributed by atoms with E-state index < -0.39 is 5.60 Å². The number of hydrogen-bond donors (Lipinski definition) is 2. The predicted molar refractivity (Wildman–Crippen MR) is 72.4 cm³/mol. The largest absolute Gasteiger partial charge is 0.497 e. The monoisotopic (exact) mass is 267 g/mol. The average molecular weight is 267 g/mol. The smallest absolute Gasteiger partial charge is 0.251 e. The Morgan fingerprint density at radius 3 is 2.47 bits per heavy atom. The quantitative estimate of drug-likeness (QED) is 0.779. The standard InChI is InChI=1S/C14H21NO4/c1-14(17,8-9-18-2)10-15-13(16)11-4-6-12(19-3)7-5-11/h4-7,17H,8-10H2,1-3H3,(H,15,16). The van der Waals surface area contributed by atoms with Crippen molar-refractivity contribution in [2.45, 2.75) is 18.9 Å². The maximum atomic E-state index is 11.9. The summed E-state index contributed by atoms with van der Waals surface area (Å²) in [5.41, 5.74) is -0.443. The molecule has 1 amide bonds. The highest BCUT2D eigenvalue weighted by atomic mass is 16.5. The van der Waals surface area contributed by atoms with Crippen molar-refractivity contribution in [1.82, 2.24) is 5.32 Å². The Morgan fingerprint density at radius 1 is 1.32 bits per heavy atom. The Labute approximate surface area is 113 Å². The van der Waals surface area contributed by atoms with Crippen LogP contribution in [0.1, 0.15) is 23.7 Å². The molecule has 19 heavy (non-hydrogen) atoms. The molecule has 5 nitrogen and oxygen atoms in total. The lowest BCUT2D eigenvalue weighted by molar-refractivity contribution is 0.0243. The van der Waals surface area contributed by atoms with Crippen LogP contribution in [0.4, 0.5) is 0 Å². The molecule has 5 heteroatoms. The first-order chi connectivity index (χ1) is 8.98. The molecule has 0 saturated heterocycles. The fraction of sp³-hybridized carbons (Fsp3) is 0.500. The van der Waals surface area contributed by atoms with Crippen LogP contribution in [0.25, 0.3) is 0 Å². The molecule has 1 aromatic rings. The topological polar surface area (TPSA) is 67.8 Å². The Hall–Kier alpha value is -1.59. The van der Waals surface area contributed by atoms with Gasteiger partial charge in [-0.1, -0.05) is 0 Å². The maximum absolute atomic E-state index is 11.9. The summed E-state index contributed by atoms with van der Waals surface area (Å²) in [6.07, 6.45) is 0.465. The molecular weight excluding hydrogens is 246 g/mol. The molecule has 0 aliphatic carbocycles. The number of ether oxygens (including phenoxy) is 2. The SMILES string of the molecule is COCCC(C)(O)CNC(=O)c1ccc(OC)cc1. The van der Waals surface area contributed by atoms with E-state index in [2.05, 4.69) is 5.32 Å². The van der Waals surface area contributed by atoms with Gasteiger partial charge in [0.05, 0.1) is 12.7 Å². The number of aliphatic hydroxyl groups is 1. The summed E-state index contributed by atoms with van der Waals surface area (Å²) in [6, 6.07) is 6.80. The molecule has 1 unspecified atom stereocenters. The van der Waals surface area contributed by atoms with Crippen molar-refractivity contribution in [1.29, 1.82) is 0 Å². The van der Waals surface area contributed by atoms with Gasteiger partial charge in [-0.3, -0.25) is 4.79 Å². The zero-order valence-corrected chi connectivity index (χ0v) is 11.6. The number of carbonyl (C=O) groups excluding carboxylic acids is 1. The van der Waals surface area contributed by atoms with E-state index in [1.54, 1.807) is 45.4 Å². The number of nitrogens with one attached hydrogen (secondary N) is 1. The molecule has 1 aromatic carbocycles. The van der Waals surface area contributed by atoms with Crippen LogP contribution in [-0.4, -0.2) is 44.0 Å². The van der Waals surface area contributed by atoms with E-state index in [9.17, 15) is 9.90 Å². The van der Waals surface area contributed by atoms with E-state index in [1.807, 2.05) is 0 Å². The fourth-order valence-electron chi connectivity index (χ4n) is 1.53. The molecule has 0 aliphatic heterocycles. The maximum Gasteiger partial charge on any atom is 0.251 e. The van der Waals surface area contributed by atoms with Gasteiger partial charge < -0.3 is 19.9 Å². The average Bonchev–Trinajstić information content (AvgIpc) is 2.43. The highest BCUT2D eigenvalue weighted by Gasteiger charge is 2.21. The minimum Gasteiger partial charge on any atom is -0.497 e. The van der Waals surface area contributed by atoms with Crippen LogP contribution >= 0.6 is 0 Å². The summed E-state index contributed by atoms with van der Waals surface area (Å²) in [6.45, 7) is 2.30. The lowest BCUT2D eigenvalue weighted by atomic mass is 10.0. The molecule has 2 N–H and O–H groups in total. The summed E-state index contributed by atoms with van der Waals surface area (Å²) in [7, 11) is 3.15. The van der Waals surface area contributed by atoms with E-state index >= 15 is 0 Å². The highest BCUT2D eigenvalue weighted by molar-refractivity contribution is 5.94. The molecule has 1 rings (SSSR count). The molecule has 0 radical (unpaired) electrons. The van der Waals surface area contributed by atoms with Gasteiger partial charge in [-0.25, -0.2) is 0 Å². The number of benzene rings is 1. The van der Waals surface area contributed by atoms with E-state index in [4.69, 9.17) is 9.47 Å². The van der Waals surface area contributed by atoms with E-state index in [0.29, 0.717) is 24.3 Å². The summed E-state index contributed by atoms with van der Waals surface area (Å²) >= 11 is 0. The number of amides is 1. The van der Waals surface area contributed by atoms with Crippen LogP contribution in [0.2, 0.25) is 0 Å².